The Morgan fingerprint density at radius 2 is 1.87 bits per heavy atom. The molecule has 114 valence electrons. The molecular formula is C18H14BrN3O. The molecule has 5 heteroatoms. The molecule has 0 aliphatic heterocycles. The van der Waals surface area contributed by atoms with Crippen LogP contribution in [-0.2, 0) is 6.54 Å². The summed E-state index contributed by atoms with van der Waals surface area (Å²) in [5.74, 6) is -0.103. The van der Waals surface area contributed by atoms with Gasteiger partial charge in [-0.1, -0.05) is 22.0 Å². The third-order valence-corrected chi connectivity index (χ3v) is 3.87. The highest BCUT2D eigenvalue weighted by Crippen LogP contribution is 2.15. The van der Waals surface area contributed by atoms with Crippen LogP contribution in [0.2, 0.25) is 0 Å². The molecule has 3 aromatic rings. The van der Waals surface area contributed by atoms with Gasteiger partial charge >= 0.3 is 0 Å². The van der Waals surface area contributed by atoms with Crippen LogP contribution in [0.15, 0.2) is 71.6 Å². The summed E-state index contributed by atoms with van der Waals surface area (Å²) < 4.78 is 0.948. The molecule has 0 saturated carbocycles. The number of benzene rings is 1. The van der Waals surface area contributed by atoms with Crippen LogP contribution in [0.5, 0.6) is 0 Å². The highest BCUT2D eigenvalue weighted by molar-refractivity contribution is 9.10. The van der Waals surface area contributed by atoms with Gasteiger partial charge in [0.15, 0.2) is 0 Å². The summed E-state index contributed by atoms with van der Waals surface area (Å²) in [6.07, 6.45) is 5.27. The first kappa shape index (κ1) is 15.4. The average molecular weight is 368 g/mol. The normalized spacial score (nSPS) is 10.3. The molecule has 1 amide bonds. The minimum atomic E-state index is -0.103. The standard InChI is InChI=1S/C18H14BrN3O/c19-16-6-4-14(5-7-16)18(23)22-11-13-3-8-17(21-10-13)15-2-1-9-20-12-15/h1-10,12H,11H2,(H,22,23). The molecule has 23 heavy (non-hydrogen) atoms. The third kappa shape index (κ3) is 4.02. The maximum atomic E-state index is 12.1. The van der Waals surface area contributed by atoms with Gasteiger partial charge in [-0.15, -0.1) is 0 Å². The van der Waals surface area contributed by atoms with Gasteiger partial charge in [-0.25, -0.2) is 0 Å². The van der Waals surface area contributed by atoms with Crippen molar-refractivity contribution in [2.24, 2.45) is 0 Å². The van der Waals surface area contributed by atoms with Gasteiger partial charge in [0, 0.05) is 40.7 Å². The molecule has 1 aromatic carbocycles. The lowest BCUT2D eigenvalue weighted by Gasteiger charge is -2.06. The summed E-state index contributed by atoms with van der Waals surface area (Å²) in [5, 5.41) is 2.89. The number of hydrogen-bond donors (Lipinski definition) is 1. The second-order valence-corrected chi connectivity index (χ2v) is 5.90. The van der Waals surface area contributed by atoms with Crippen molar-refractivity contribution in [3.63, 3.8) is 0 Å². The van der Waals surface area contributed by atoms with Gasteiger partial charge < -0.3 is 5.32 Å². The Balaban J connectivity index is 1.62. The van der Waals surface area contributed by atoms with Crippen molar-refractivity contribution >= 4 is 21.8 Å². The number of pyridine rings is 2. The van der Waals surface area contributed by atoms with Crippen molar-refractivity contribution in [1.82, 2.24) is 15.3 Å². The summed E-state index contributed by atoms with van der Waals surface area (Å²) in [7, 11) is 0. The van der Waals surface area contributed by atoms with E-state index in [0.717, 1.165) is 21.3 Å². The smallest absolute Gasteiger partial charge is 0.251 e. The molecule has 0 aliphatic carbocycles. The molecule has 0 saturated heterocycles. The molecule has 1 N–H and O–H groups in total. The number of nitrogens with zero attached hydrogens (tertiary/aromatic N) is 2. The third-order valence-electron chi connectivity index (χ3n) is 3.34. The number of carbonyl (C=O) groups is 1. The van der Waals surface area contributed by atoms with E-state index in [-0.39, 0.29) is 5.91 Å². The first-order valence-electron chi connectivity index (χ1n) is 7.11. The lowest BCUT2D eigenvalue weighted by atomic mass is 10.1. The quantitative estimate of drug-likeness (QED) is 0.762. The van der Waals surface area contributed by atoms with Gasteiger partial charge in [-0.2, -0.15) is 0 Å². The van der Waals surface area contributed by atoms with Gasteiger partial charge in [-0.3, -0.25) is 14.8 Å². The van der Waals surface area contributed by atoms with Crippen LogP contribution in [-0.4, -0.2) is 15.9 Å². The number of hydrogen-bond acceptors (Lipinski definition) is 3. The van der Waals surface area contributed by atoms with Crippen LogP contribution >= 0.6 is 15.9 Å². The first-order valence-corrected chi connectivity index (χ1v) is 7.91. The monoisotopic (exact) mass is 367 g/mol. The Bertz CT molecular complexity index is 787. The lowest BCUT2D eigenvalue weighted by Crippen LogP contribution is -2.22. The topological polar surface area (TPSA) is 54.9 Å². The molecule has 2 aromatic heterocycles. The van der Waals surface area contributed by atoms with Crippen molar-refractivity contribution in [2.45, 2.75) is 6.54 Å². The van der Waals surface area contributed by atoms with Crippen LogP contribution in [0.4, 0.5) is 0 Å². The summed E-state index contributed by atoms with van der Waals surface area (Å²) in [5.41, 5.74) is 3.41. The van der Waals surface area contributed by atoms with E-state index in [1.54, 1.807) is 30.7 Å². The number of halogens is 1. The fourth-order valence-electron chi connectivity index (χ4n) is 2.10. The van der Waals surface area contributed by atoms with Crippen molar-refractivity contribution < 1.29 is 4.79 Å². The predicted molar refractivity (Wildman–Crippen MR) is 92.8 cm³/mol. The van der Waals surface area contributed by atoms with Gasteiger partial charge in [-0.05, 0) is 48.0 Å². The van der Waals surface area contributed by atoms with Crippen LogP contribution in [0.25, 0.3) is 11.3 Å². The molecular weight excluding hydrogens is 354 g/mol. The van der Waals surface area contributed by atoms with Crippen molar-refractivity contribution in [3.05, 3.63) is 82.7 Å². The maximum absolute atomic E-state index is 12.1. The second-order valence-electron chi connectivity index (χ2n) is 4.98. The fourth-order valence-corrected chi connectivity index (χ4v) is 2.36. The van der Waals surface area contributed by atoms with Crippen molar-refractivity contribution in [1.29, 1.82) is 0 Å². The van der Waals surface area contributed by atoms with Gasteiger partial charge in [0.1, 0.15) is 0 Å². The van der Waals surface area contributed by atoms with E-state index < -0.39 is 0 Å². The number of nitrogens with one attached hydrogen (secondary N) is 1. The highest BCUT2D eigenvalue weighted by atomic mass is 79.9. The summed E-state index contributed by atoms with van der Waals surface area (Å²) in [4.78, 5) is 20.6. The summed E-state index contributed by atoms with van der Waals surface area (Å²) >= 11 is 3.35. The molecule has 0 fully saturated rings. The fraction of sp³-hybridized carbons (Fsp3) is 0.0556. The molecule has 0 radical (unpaired) electrons. The Hall–Kier alpha value is -2.53. The molecule has 2 heterocycles. The molecule has 0 atom stereocenters. The molecule has 3 rings (SSSR count). The highest BCUT2D eigenvalue weighted by Gasteiger charge is 2.05. The summed E-state index contributed by atoms with van der Waals surface area (Å²) in [6, 6.07) is 15.0. The maximum Gasteiger partial charge on any atom is 0.251 e. The molecule has 4 nitrogen and oxygen atoms in total. The molecule has 0 unspecified atom stereocenters. The Morgan fingerprint density at radius 1 is 1.04 bits per heavy atom. The van der Waals surface area contributed by atoms with Gasteiger partial charge in [0.2, 0.25) is 0 Å². The van der Waals surface area contributed by atoms with Crippen LogP contribution in [0, 0.1) is 0 Å². The zero-order chi connectivity index (χ0) is 16.1. The van der Waals surface area contributed by atoms with Crippen LogP contribution < -0.4 is 5.32 Å². The van der Waals surface area contributed by atoms with Gasteiger partial charge in [0.05, 0.1) is 5.69 Å². The van der Waals surface area contributed by atoms with E-state index in [1.807, 2.05) is 36.4 Å². The molecule has 0 aliphatic rings. The predicted octanol–water partition coefficient (Wildman–Crippen LogP) is 3.84. The van der Waals surface area contributed by atoms with E-state index in [0.29, 0.717) is 12.1 Å². The van der Waals surface area contributed by atoms with E-state index >= 15 is 0 Å². The van der Waals surface area contributed by atoms with Gasteiger partial charge in [0.25, 0.3) is 5.91 Å². The van der Waals surface area contributed by atoms with E-state index in [1.165, 1.54) is 0 Å². The minimum absolute atomic E-state index is 0.103. The van der Waals surface area contributed by atoms with Crippen molar-refractivity contribution in [2.75, 3.05) is 0 Å². The Labute approximate surface area is 142 Å². The number of aromatic nitrogens is 2. The number of amides is 1. The SMILES string of the molecule is O=C(NCc1ccc(-c2cccnc2)nc1)c1ccc(Br)cc1. The van der Waals surface area contributed by atoms with E-state index in [4.69, 9.17) is 0 Å². The van der Waals surface area contributed by atoms with E-state index in [9.17, 15) is 4.79 Å². The van der Waals surface area contributed by atoms with Crippen LogP contribution in [0.3, 0.4) is 0 Å². The molecule has 0 spiro atoms. The van der Waals surface area contributed by atoms with Crippen molar-refractivity contribution in [3.8, 4) is 11.3 Å². The largest absolute Gasteiger partial charge is 0.348 e. The average Bonchev–Trinajstić information content (AvgIpc) is 2.61. The first-order chi connectivity index (χ1) is 11.2. The number of rotatable bonds is 4. The second kappa shape index (κ2) is 7.15. The van der Waals surface area contributed by atoms with Crippen LogP contribution in [0.1, 0.15) is 15.9 Å². The van der Waals surface area contributed by atoms with E-state index in [2.05, 4.69) is 31.2 Å². The lowest BCUT2D eigenvalue weighted by molar-refractivity contribution is 0.0951. The zero-order valence-electron chi connectivity index (χ0n) is 12.2. The molecule has 0 bridgehead atoms. The zero-order valence-corrected chi connectivity index (χ0v) is 13.8. The Kier molecular flexibility index (Phi) is 4.78. The Morgan fingerprint density at radius 3 is 2.52 bits per heavy atom. The summed E-state index contributed by atoms with van der Waals surface area (Å²) in [6.45, 7) is 0.440. The minimum Gasteiger partial charge on any atom is -0.348 e. The number of carbonyl (C=O) groups excluding carboxylic acids is 1.